The highest BCUT2D eigenvalue weighted by atomic mass is 32.2. The first-order chi connectivity index (χ1) is 27.0. The topological polar surface area (TPSA) is 171 Å². The summed E-state index contributed by atoms with van der Waals surface area (Å²) < 4.78 is 48.2. The Hall–Kier alpha value is -3.13. The lowest BCUT2D eigenvalue weighted by molar-refractivity contribution is 0.229. The zero-order chi connectivity index (χ0) is 39.5. The van der Waals surface area contributed by atoms with Crippen LogP contribution < -0.4 is 15.2 Å². The van der Waals surface area contributed by atoms with Gasteiger partial charge in [-0.2, -0.15) is 4.99 Å². The molecule has 2 heterocycles. The van der Waals surface area contributed by atoms with Crippen LogP contribution in [0.5, 0.6) is 0 Å². The highest BCUT2D eigenvalue weighted by Crippen LogP contribution is 2.40. The average Bonchev–Trinajstić information content (AvgIpc) is 4.00. The molecule has 2 fully saturated rings. The molecule has 6 aliphatic rings. The number of aliphatic imine (C=N–C) groups is 1. The summed E-state index contributed by atoms with van der Waals surface area (Å²) >= 11 is 0. The zero-order valence-corrected chi connectivity index (χ0v) is 34.8. The Kier molecular flexibility index (Phi) is 15.2. The number of aryl methyl sites for hydroxylation is 4. The summed E-state index contributed by atoms with van der Waals surface area (Å²) in [4.78, 5) is 31.5. The van der Waals surface area contributed by atoms with Crippen LogP contribution in [0.4, 0.5) is 16.2 Å². The Morgan fingerprint density at radius 2 is 1.05 bits per heavy atom. The van der Waals surface area contributed by atoms with E-state index >= 15 is 0 Å². The Bertz CT molecular complexity index is 1900. The summed E-state index contributed by atoms with van der Waals surface area (Å²) in [5, 5.41) is 7.80. The molecule has 56 heavy (non-hydrogen) atoms. The predicted octanol–water partition coefficient (Wildman–Crippen LogP) is 5.77. The van der Waals surface area contributed by atoms with Gasteiger partial charge in [0.25, 0.3) is 0 Å². The van der Waals surface area contributed by atoms with Crippen LogP contribution in [0, 0.1) is 0 Å². The first kappa shape index (κ1) is 42.5. The standard InChI is InChI=1S/C21H31N3O3S.C13H13NO.C8H18N2O2S/c25-21(23-28(26,27)14-6-13-24-11-2-1-3-12-24)22-20-18-9-4-7-16(18)15-17-8-5-10-19(17)20;15-8-14-13-11-5-1-3-9(11)7-10-4-2-6-12(10)13;9-13(11,12)8-4-7-10-5-2-1-3-6-10/h15H,1-14H2,(H2,22,23,25);7H,1-6H2;1-8H2,(H2,9,11,12). The van der Waals surface area contributed by atoms with Gasteiger partial charge in [-0.25, -0.2) is 36.3 Å². The minimum atomic E-state index is -3.62. The molecule has 0 atom stereocenters. The number of fused-ring (bicyclic) bond motifs is 4. The van der Waals surface area contributed by atoms with Crippen LogP contribution in [0.1, 0.15) is 122 Å². The highest BCUT2D eigenvalue weighted by Gasteiger charge is 2.27. The number of primary sulfonamides is 1. The number of isocyanates is 1. The Morgan fingerprint density at radius 1 is 0.625 bits per heavy atom. The lowest BCUT2D eigenvalue weighted by Crippen LogP contribution is -2.38. The SMILES string of the molecule is NS(=O)(=O)CCCN1CCCCC1.O=C(Nc1c2c(cc3c1CCC3)CCC2)NS(=O)(=O)CCCN1CCCCC1.O=C=Nc1c2c(cc3c1CCC3)CCC2. The molecular formula is C42H62N6O6S2. The number of carbonyl (C=O) groups excluding carboxylic acids is 2. The van der Waals surface area contributed by atoms with Gasteiger partial charge in [0.05, 0.1) is 17.2 Å². The van der Waals surface area contributed by atoms with Crippen molar-refractivity contribution in [3.8, 4) is 0 Å². The number of benzene rings is 2. The van der Waals surface area contributed by atoms with Gasteiger partial charge in [-0.1, -0.05) is 25.0 Å². The fourth-order valence-electron chi connectivity index (χ4n) is 9.60. The summed E-state index contributed by atoms with van der Waals surface area (Å²) in [5.41, 5.74) is 12.4. The number of sulfonamides is 2. The van der Waals surface area contributed by atoms with Crippen molar-refractivity contribution < 1.29 is 26.4 Å². The van der Waals surface area contributed by atoms with Crippen molar-refractivity contribution in [1.29, 1.82) is 0 Å². The van der Waals surface area contributed by atoms with Gasteiger partial charge in [0.15, 0.2) is 0 Å². The molecule has 8 rings (SSSR count). The van der Waals surface area contributed by atoms with Gasteiger partial charge in [0.2, 0.25) is 26.1 Å². The monoisotopic (exact) mass is 810 g/mol. The van der Waals surface area contributed by atoms with Gasteiger partial charge in [0, 0.05) is 5.69 Å². The number of nitrogens with one attached hydrogen (secondary N) is 2. The third-order valence-corrected chi connectivity index (χ3v) is 14.4. The molecule has 14 heteroatoms. The van der Waals surface area contributed by atoms with Crippen molar-refractivity contribution in [2.75, 3.05) is 56.1 Å². The van der Waals surface area contributed by atoms with Crippen molar-refractivity contribution in [3.05, 3.63) is 56.6 Å². The van der Waals surface area contributed by atoms with Gasteiger partial charge < -0.3 is 15.1 Å². The summed E-state index contributed by atoms with van der Waals surface area (Å²) in [6, 6.07) is 4.02. The van der Waals surface area contributed by atoms with Crippen LogP contribution in [0.3, 0.4) is 0 Å². The number of piperidine rings is 2. The van der Waals surface area contributed by atoms with E-state index in [1.54, 1.807) is 6.08 Å². The van der Waals surface area contributed by atoms with E-state index in [1.165, 1.54) is 95.9 Å². The molecule has 0 bridgehead atoms. The van der Waals surface area contributed by atoms with Crippen LogP contribution in [0.15, 0.2) is 17.1 Å². The molecule has 12 nitrogen and oxygen atoms in total. The summed E-state index contributed by atoms with van der Waals surface area (Å²) in [6.07, 6.45) is 23.5. The quantitative estimate of drug-likeness (QED) is 0.190. The minimum absolute atomic E-state index is 0.0120. The van der Waals surface area contributed by atoms with E-state index in [2.05, 4.69) is 37.0 Å². The smallest absolute Gasteiger partial charge is 0.307 e. The fraction of sp³-hybridized carbons (Fsp3) is 0.667. The molecule has 2 aromatic rings. The number of rotatable bonds is 11. The lowest BCUT2D eigenvalue weighted by Gasteiger charge is -2.26. The maximum atomic E-state index is 12.5. The van der Waals surface area contributed by atoms with Crippen molar-refractivity contribution in [1.82, 2.24) is 14.5 Å². The molecule has 4 N–H and O–H groups in total. The van der Waals surface area contributed by atoms with Crippen molar-refractivity contribution >= 4 is 43.5 Å². The summed E-state index contributed by atoms with van der Waals surface area (Å²) in [6.45, 7) is 5.99. The normalized spacial score (nSPS) is 18.9. The van der Waals surface area contributed by atoms with Crippen LogP contribution in [0.25, 0.3) is 0 Å². The average molecular weight is 811 g/mol. The van der Waals surface area contributed by atoms with E-state index in [9.17, 15) is 26.4 Å². The Labute approximate surface area is 334 Å². The molecule has 0 unspecified atom stereocenters. The molecule has 0 spiro atoms. The fourth-order valence-corrected chi connectivity index (χ4v) is 11.1. The Morgan fingerprint density at radius 3 is 1.50 bits per heavy atom. The number of carbonyl (C=O) groups is 1. The third-order valence-electron chi connectivity index (χ3n) is 12.2. The summed E-state index contributed by atoms with van der Waals surface area (Å²) in [5.74, 6) is 0.103. The molecule has 0 radical (unpaired) electrons. The minimum Gasteiger partial charge on any atom is -0.307 e. The van der Waals surface area contributed by atoms with Crippen molar-refractivity contribution in [3.63, 3.8) is 0 Å². The van der Waals surface area contributed by atoms with Gasteiger partial charge in [-0.3, -0.25) is 0 Å². The number of urea groups is 1. The maximum absolute atomic E-state index is 12.5. The largest absolute Gasteiger partial charge is 0.332 e. The number of hydrogen-bond acceptors (Lipinski definition) is 9. The lowest BCUT2D eigenvalue weighted by atomic mass is 9.99. The number of hydrogen-bond donors (Lipinski definition) is 3. The Balaban J connectivity index is 0.000000159. The molecule has 0 saturated carbocycles. The second kappa shape index (κ2) is 20.0. The predicted molar refractivity (Wildman–Crippen MR) is 222 cm³/mol. The molecular weight excluding hydrogens is 749 g/mol. The van der Waals surface area contributed by atoms with E-state index in [-0.39, 0.29) is 11.5 Å². The molecule has 308 valence electrons. The van der Waals surface area contributed by atoms with Crippen molar-refractivity contribution in [2.24, 2.45) is 10.1 Å². The second-order valence-electron chi connectivity index (χ2n) is 16.4. The first-order valence-electron chi connectivity index (χ1n) is 21.2. The number of nitrogens with two attached hydrogens (primary N) is 1. The van der Waals surface area contributed by atoms with E-state index < -0.39 is 26.1 Å². The molecule has 2 amide bonds. The number of likely N-dealkylation sites (tertiary alicyclic amines) is 2. The third kappa shape index (κ3) is 12.0. The first-order valence-corrected chi connectivity index (χ1v) is 24.5. The summed E-state index contributed by atoms with van der Waals surface area (Å²) in [7, 11) is -6.87. The second-order valence-corrected chi connectivity index (χ2v) is 20.0. The van der Waals surface area contributed by atoms with Gasteiger partial charge in [-0.05, 0) is 199 Å². The highest BCUT2D eigenvalue weighted by molar-refractivity contribution is 7.90. The van der Waals surface area contributed by atoms with Crippen LogP contribution in [-0.4, -0.2) is 89.5 Å². The van der Waals surface area contributed by atoms with Gasteiger partial charge in [0.1, 0.15) is 0 Å². The van der Waals surface area contributed by atoms with Crippen LogP contribution in [0.2, 0.25) is 0 Å². The number of anilines is 1. The van der Waals surface area contributed by atoms with Gasteiger partial charge in [-0.15, -0.1) is 0 Å². The van der Waals surface area contributed by atoms with E-state index in [0.29, 0.717) is 12.8 Å². The molecule has 2 aliphatic heterocycles. The van der Waals surface area contributed by atoms with E-state index in [1.807, 2.05) is 0 Å². The number of nitrogens with zero attached hydrogens (tertiary/aromatic N) is 3. The molecule has 4 aliphatic carbocycles. The maximum Gasteiger partial charge on any atom is 0.332 e. The van der Waals surface area contributed by atoms with Gasteiger partial charge >= 0.3 is 6.03 Å². The molecule has 0 aromatic heterocycles. The van der Waals surface area contributed by atoms with E-state index in [4.69, 9.17) is 5.14 Å². The molecule has 2 saturated heterocycles. The molecule has 2 aromatic carbocycles. The van der Waals surface area contributed by atoms with Crippen LogP contribution in [-0.2, 0) is 76.2 Å². The number of amides is 2. The van der Waals surface area contributed by atoms with Crippen LogP contribution >= 0.6 is 0 Å². The van der Waals surface area contributed by atoms with E-state index in [0.717, 1.165) is 115 Å². The van der Waals surface area contributed by atoms with Crippen molar-refractivity contribution in [2.45, 2.75) is 128 Å². The zero-order valence-electron chi connectivity index (χ0n) is 33.1.